The van der Waals surface area contributed by atoms with E-state index in [9.17, 15) is 0 Å². The number of ether oxygens (including phenoxy) is 1. The fourth-order valence-electron chi connectivity index (χ4n) is 4.31. The van der Waals surface area contributed by atoms with Crippen LogP contribution in [0.1, 0.15) is 25.3 Å². The van der Waals surface area contributed by atoms with E-state index >= 15 is 0 Å². The smallest absolute Gasteiger partial charge is 0.180 e. The molecule has 1 N–H and O–H groups in total. The van der Waals surface area contributed by atoms with Crippen LogP contribution < -0.4 is 9.64 Å². The number of H-pyrrole nitrogens is 1. The molecule has 0 bridgehead atoms. The third-order valence-electron chi connectivity index (χ3n) is 6.07. The zero-order valence-corrected chi connectivity index (χ0v) is 19.8. The number of rotatable bonds is 9. The number of tetrazole rings is 1. The van der Waals surface area contributed by atoms with Gasteiger partial charge < -0.3 is 9.64 Å². The van der Waals surface area contributed by atoms with E-state index in [2.05, 4.69) is 72.7 Å². The summed E-state index contributed by atoms with van der Waals surface area (Å²) in [7, 11) is 1.69. The number of nitrogens with one attached hydrogen (secondary N) is 1. The van der Waals surface area contributed by atoms with Crippen LogP contribution in [0.3, 0.4) is 0 Å². The molecular weight excluding hydrogens is 438 g/mol. The van der Waals surface area contributed by atoms with E-state index in [1.165, 1.54) is 5.56 Å². The topological polar surface area (TPSA) is 92.7 Å². The van der Waals surface area contributed by atoms with Gasteiger partial charge in [0, 0.05) is 18.7 Å². The number of hydrogen-bond donors (Lipinski definition) is 1. The first-order valence-corrected chi connectivity index (χ1v) is 11.7. The molecule has 8 nitrogen and oxygen atoms in total. The molecule has 0 unspecified atom stereocenters. The maximum atomic E-state index is 5.66. The minimum absolute atomic E-state index is 0.653. The SMILES string of the molecule is CCCCN(Cc1ccc(-c2ccccc2-c2nnn[nH]2)cc1)c1ncnc2cccc(OC)c12. The van der Waals surface area contributed by atoms with Gasteiger partial charge in [-0.1, -0.05) is 67.9 Å². The van der Waals surface area contributed by atoms with Crippen molar-refractivity contribution < 1.29 is 4.74 Å². The van der Waals surface area contributed by atoms with Crippen LogP contribution in [0, 0.1) is 0 Å². The molecule has 0 saturated carbocycles. The van der Waals surface area contributed by atoms with Gasteiger partial charge in [-0.2, -0.15) is 0 Å². The molecule has 0 saturated heterocycles. The van der Waals surface area contributed by atoms with E-state index in [0.29, 0.717) is 5.82 Å². The number of aromatic nitrogens is 6. The van der Waals surface area contributed by atoms with Crippen LogP contribution >= 0.6 is 0 Å². The van der Waals surface area contributed by atoms with E-state index in [-0.39, 0.29) is 0 Å². The van der Waals surface area contributed by atoms with Crippen molar-refractivity contribution in [1.82, 2.24) is 30.6 Å². The molecule has 2 aromatic heterocycles. The van der Waals surface area contributed by atoms with Crippen LogP contribution in [0.4, 0.5) is 5.82 Å². The van der Waals surface area contributed by atoms with Crippen molar-refractivity contribution >= 4 is 16.7 Å². The van der Waals surface area contributed by atoms with Crippen molar-refractivity contribution in [2.24, 2.45) is 0 Å². The molecule has 0 fully saturated rings. The van der Waals surface area contributed by atoms with Crippen LogP contribution in [-0.2, 0) is 6.54 Å². The Balaban J connectivity index is 1.47. The zero-order chi connectivity index (χ0) is 24.0. The maximum absolute atomic E-state index is 5.66. The van der Waals surface area contributed by atoms with Crippen molar-refractivity contribution in [2.75, 3.05) is 18.6 Å². The average molecular weight is 466 g/mol. The summed E-state index contributed by atoms with van der Waals surface area (Å²) in [5.41, 5.74) is 5.23. The molecule has 0 radical (unpaired) electrons. The van der Waals surface area contributed by atoms with Crippen molar-refractivity contribution in [3.63, 3.8) is 0 Å². The Labute approximate surface area is 204 Å². The van der Waals surface area contributed by atoms with Crippen molar-refractivity contribution in [3.05, 3.63) is 78.6 Å². The second-order valence-electron chi connectivity index (χ2n) is 8.32. The summed E-state index contributed by atoms with van der Waals surface area (Å²) in [5.74, 6) is 2.33. The first-order valence-electron chi connectivity index (χ1n) is 11.7. The Kier molecular flexibility index (Phi) is 6.61. The molecule has 35 heavy (non-hydrogen) atoms. The molecule has 176 valence electrons. The summed E-state index contributed by atoms with van der Waals surface area (Å²) in [6.45, 7) is 3.83. The maximum Gasteiger partial charge on any atom is 0.180 e. The van der Waals surface area contributed by atoms with Gasteiger partial charge in [-0.15, -0.1) is 5.10 Å². The fourth-order valence-corrected chi connectivity index (χ4v) is 4.31. The van der Waals surface area contributed by atoms with Gasteiger partial charge in [0.25, 0.3) is 0 Å². The zero-order valence-electron chi connectivity index (χ0n) is 19.8. The predicted molar refractivity (Wildman–Crippen MR) is 137 cm³/mol. The number of fused-ring (bicyclic) bond motifs is 1. The minimum atomic E-state index is 0.653. The van der Waals surface area contributed by atoms with Crippen molar-refractivity contribution in [2.45, 2.75) is 26.3 Å². The van der Waals surface area contributed by atoms with E-state index in [1.807, 2.05) is 36.4 Å². The Morgan fingerprint density at radius 3 is 2.49 bits per heavy atom. The molecule has 0 amide bonds. The molecule has 0 aliphatic heterocycles. The highest BCUT2D eigenvalue weighted by Gasteiger charge is 2.17. The van der Waals surface area contributed by atoms with E-state index < -0.39 is 0 Å². The number of aromatic amines is 1. The summed E-state index contributed by atoms with van der Waals surface area (Å²) >= 11 is 0. The van der Waals surface area contributed by atoms with Gasteiger partial charge in [0.1, 0.15) is 17.9 Å². The molecule has 0 spiro atoms. The summed E-state index contributed by atoms with van der Waals surface area (Å²) in [6.07, 6.45) is 3.80. The Morgan fingerprint density at radius 2 is 1.74 bits per heavy atom. The largest absolute Gasteiger partial charge is 0.496 e. The number of benzene rings is 3. The summed E-state index contributed by atoms with van der Waals surface area (Å²) in [5, 5.41) is 15.3. The van der Waals surface area contributed by atoms with Gasteiger partial charge in [-0.05, 0) is 45.7 Å². The summed E-state index contributed by atoms with van der Waals surface area (Å²) in [6, 6.07) is 22.7. The van der Waals surface area contributed by atoms with Crippen LogP contribution in [-0.4, -0.2) is 44.2 Å². The van der Waals surface area contributed by atoms with Crippen LogP contribution in [0.2, 0.25) is 0 Å². The van der Waals surface area contributed by atoms with E-state index in [0.717, 1.165) is 65.1 Å². The monoisotopic (exact) mass is 465 g/mol. The molecule has 0 aliphatic carbocycles. The summed E-state index contributed by atoms with van der Waals surface area (Å²) < 4.78 is 5.66. The van der Waals surface area contributed by atoms with Crippen molar-refractivity contribution in [1.29, 1.82) is 0 Å². The lowest BCUT2D eigenvalue weighted by Crippen LogP contribution is -2.25. The number of nitrogens with zero attached hydrogens (tertiary/aromatic N) is 6. The lowest BCUT2D eigenvalue weighted by molar-refractivity contribution is 0.419. The van der Waals surface area contributed by atoms with E-state index in [1.54, 1.807) is 13.4 Å². The summed E-state index contributed by atoms with van der Waals surface area (Å²) in [4.78, 5) is 11.5. The van der Waals surface area contributed by atoms with Gasteiger partial charge in [0.2, 0.25) is 0 Å². The minimum Gasteiger partial charge on any atom is -0.496 e. The molecule has 3 aromatic carbocycles. The second-order valence-corrected chi connectivity index (χ2v) is 8.32. The first-order chi connectivity index (χ1) is 17.3. The first kappa shape index (κ1) is 22.5. The normalized spacial score (nSPS) is 11.0. The van der Waals surface area contributed by atoms with Crippen molar-refractivity contribution in [3.8, 4) is 28.3 Å². The van der Waals surface area contributed by atoms with Gasteiger partial charge >= 0.3 is 0 Å². The molecule has 5 aromatic rings. The molecule has 0 atom stereocenters. The highest BCUT2D eigenvalue weighted by atomic mass is 16.5. The highest BCUT2D eigenvalue weighted by Crippen LogP contribution is 2.33. The van der Waals surface area contributed by atoms with Crippen LogP contribution in [0.25, 0.3) is 33.4 Å². The average Bonchev–Trinajstić information content (AvgIpc) is 3.46. The van der Waals surface area contributed by atoms with E-state index in [4.69, 9.17) is 4.74 Å². The Morgan fingerprint density at radius 1 is 0.914 bits per heavy atom. The number of hydrogen-bond acceptors (Lipinski definition) is 7. The third-order valence-corrected chi connectivity index (χ3v) is 6.07. The van der Waals surface area contributed by atoms with Crippen LogP contribution in [0.5, 0.6) is 5.75 Å². The quantitative estimate of drug-likeness (QED) is 0.316. The Bertz CT molecular complexity index is 1400. The predicted octanol–water partition coefficient (Wildman–Crippen LogP) is 5.29. The highest BCUT2D eigenvalue weighted by molar-refractivity contribution is 5.94. The lowest BCUT2D eigenvalue weighted by Gasteiger charge is -2.25. The number of unbranched alkanes of at least 4 members (excludes halogenated alkanes) is 1. The van der Waals surface area contributed by atoms with Crippen LogP contribution in [0.15, 0.2) is 73.1 Å². The van der Waals surface area contributed by atoms with Gasteiger partial charge in [0.05, 0.1) is 18.0 Å². The number of methoxy groups -OCH3 is 1. The molecule has 8 heteroatoms. The lowest BCUT2D eigenvalue weighted by atomic mass is 9.98. The molecule has 5 rings (SSSR count). The molecule has 0 aliphatic rings. The Hall–Kier alpha value is -4.33. The van der Waals surface area contributed by atoms with Gasteiger partial charge in [-0.3, -0.25) is 0 Å². The van der Waals surface area contributed by atoms with Gasteiger partial charge in [0.15, 0.2) is 5.82 Å². The third kappa shape index (κ3) is 4.68. The fraction of sp³-hybridized carbons (Fsp3) is 0.222. The second kappa shape index (κ2) is 10.3. The number of anilines is 1. The standard InChI is InChI=1S/C27H27N7O/c1-3-4-16-34(27-25-23(28-18-29-27)10-7-11-24(25)35-2)17-19-12-14-20(15-13-19)21-8-5-6-9-22(21)26-30-32-33-31-26/h5-15,18H,3-4,16-17H2,1-2H3,(H,30,31,32,33). The molecule has 2 heterocycles. The van der Waals surface area contributed by atoms with Gasteiger partial charge in [-0.25, -0.2) is 15.1 Å². The molecular formula is C27H27N7O.